The van der Waals surface area contributed by atoms with E-state index in [4.69, 9.17) is 0 Å². The number of hydrogen-bond donors (Lipinski definition) is 0. The number of Topliss-reactive ketones (excluding diaryl/α,β-unsaturated/α-hetero) is 2. The van der Waals surface area contributed by atoms with E-state index < -0.39 is 66.2 Å². The van der Waals surface area contributed by atoms with Crippen LogP contribution in [0.2, 0.25) is 0 Å². The Morgan fingerprint density at radius 1 is 0.575 bits per heavy atom. The Kier molecular flexibility index (Phi) is 6.07. The second-order valence-corrected chi connectivity index (χ2v) is 11.9. The van der Waals surface area contributed by atoms with Gasteiger partial charge in [-0.25, -0.2) is 0 Å². The topological polar surface area (TPSA) is 121 Å². The second kappa shape index (κ2) is 8.79. The minimum Gasteiger partial charge on any atom is -0.376 e. The maximum atomic E-state index is 13.4. The summed E-state index contributed by atoms with van der Waals surface area (Å²) in [7, 11) is -11.9. The first-order valence-corrected chi connectivity index (χ1v) is 13.7. The average Bonchev–Trinajstić information content (AvgIpc) is 2.83. The van der Waals surface area contributed by atoms with E-state index in [1.807, 2.05) is 0 Å². The number of carbonyl (C=O) groups excluding carboxylic acids is 2. The molecule has 3 aromatic carbocycles. The van der Waals surface area contributed by atoms with Crippen molar-refractivity contribution in [2.75, 3.05) is 0 Å². The molecule has 0 aliphatic heterocycles. The van der Waals surface area contributed by atoms with Gasteiger partial charge in [-0.05, 0) is 57.6 Å². The maximum Gasteiger partial charge on any atom is 0.534 e. The van der Waals surface area contributed by atoms with Crippen molar-refractivity contribution in [3.63, 3.8) is 0 Å². The van der Waals surface area contributed by atoms with E-state index in [1.54, 1.807) is 0 Å². The third kappa shape index (κ3) is 4.60. The van der Waals surface area contributed by atoms with E-state index in [-0.39, 0.29) is 27.1 Å². The lowest BCUT2D eigenvalue weighted by molar-refractivity contribution is -0.0504. The van der Waals surface area contributed by atoms with Crippen molar-refractivity contribution >= 4 is 54.7 Å². The Balaban J connectivity index is 1.53. The summed E-state index contributed by atoms with van der Waals surface area (Å²) in [5.74, 6) is -4.60. The molecule has 0 heterocycles. The van der Waals surface area contributed by atoms with Gasteiger partial charge in [0.1, 0.15) is 11.5 Å². The molecule has 210 valence electrons. The molecule has 40 heavy (non-hydrogen) atoms. The van der Waals surface area contributed by atoms with Gasteiger partial charge in [0.25, 0.3) is 0 Å². The molecular weight excluding hydrogens is 594 g/mol. The van der Waals surface area contributed by atoms with Crippen molar-refractivity contribution < 1.29 is 61.1 Å². The fourth-order valence-electron chi connectivity index (χ4n) is 4.41. The van der Waals surface area contributed by atoms with Crippen LogP contribution < -0.4 is 18.8 Å². The molecule has 0 amide bonds. The minimum absolute atomic E-state index is 0.0458. The highest BCUT2D eigenvalue weighted by Gasteiger charge is 2.49. The molecule has 0 bridgehead atoms. The van der Waals surface area contributed by atoms with Gasteiger partial charge in [-0.3, -0.25) is 9.59 Å². The molecule has 0 fully saturated rings. The molecule has 0 saturated carbocycles. The first-order valence-electron chi connectivity index (χ1n) is 10.9. The lowest BCUT2D eigenvalue weighted by Gasteiger charge is -2.29. The zero-order valence-corrected chi connectivity index (χ0v) is 20.9. The molecule has 2 aliphatic rings. The van der Waals surface area contributed by atoms with Crippen LogP contribution in [0, 0.1) is 11.8 Å². The predicted octanol–water partition coefficient (Wildman–Crippen LogP) is 3.18. The van der Waals surface area contributed by atoms with Gasteiger partial charge in [0.05, 0.1) is 11.8 Å². The maximum absolute atomic E-state index is 13.4. The minimum atomic E-state index is -5.95. The summed E-state index contributed by atoms with van der Waals surface area (Å²) < 4.78 is 130. The number of fused-ring (bicyclic) bond motifs is 4. The molecule has 2 atom stereocenters. The molecular formula is C24H12F6O8S2. The lowest BCUT2D eigenvalue weighted by Crippen LogP contribution is -2.42. The van der Waals surface area contributed by atoms with Crippen LogP contribution in [0.5, 0.6) is 11.5 Å². The molecule has 2 unspecified atom stereocenters. The molecule has 3 aromatic rings. The Bertz CT molecular complexity index is 1960. The van der Waals surface area contributed by atoms with Crippen molar-refractivity contribution in [3.8, 4) is 11.5 Å². The van der Waals surface area contributed by atoms with Gasteiger partial charge in [-0.2, -0.15) is 43.2 Å². The SMILES string of the molecule is O=C1c2cc3ccc(OS(=O)(=O)C(F)(F)F)cc3cc2C(=O)C2C=c3ccc(OS(=O)(=O)C(F)(F)F)cc3=CC12. The lowest BCUT2D eigenvalue weighted by atomic mass is 9.71. The van der Waals surface area contributed by atoms with Gasteiger partial charge in [-0.15, -0.1) is 0 Å². The first-order chi connectivity index (χ1) is 18.4. The Labute approximate surface area is 220 Å². The molecule has 0 aromatic heterocycles. The largest absolute Gasteiger partial charge is 0.534 e. The van der Waals surface area contributed by atoms with Gasteiger partial charge in [0.15, 0.2) is 11.6 Å². The van der Waals surface area contributed by atoms with Crippen molar-refractivity contribution in [1.82, 2.24) is 0 Å². The fourth-order valence-corrected chi connectivity index (χ4v) is 5.32. The van der Waals surface area contributed by atoms with Crippen molar-refractivity contribution in [2.45, 2.75) is 11.0 Å². The van der Waals surface area contributed by atoms with Gasteiger partial charge >= 0.3 is 31.3 Å². The zero-order chi connectivity index (χ0) is 29.4. The Hall–Kier alpha value is -3.92. The number of carbonyl (C=O) groups is 2. The van der Waals surface area contributed by atoms with Gasteiger partial charge in [0.2, 0.25) is 0 Å². The quantitative estimate of drug-likeness (QED) is 0.252. The zero-order valence-electron chi connectivity index (χ0n) is 19.3. The van der Waals surface area contributed by atoms with Crippen LogP contribution in [-0.4, -0.2) is 39.4 Å². The fraction of sp³-hybridized carbons (Fsp3) is 0.167. The van der Waals surface area contributed by atoms with Gasteiger partial charge in [-0.1, -0.05) is 24.3 Å². The summed E-state index contributed by atoms with van der Waals surface area (Å²) in [6, 6.07) is 8.74. The predicted molar refractivity (Wildman–Crippen MR) is 125 cm³/mol. The van der Waals surface area contributed by atoms with Crippen molar-refractivity contribution in [3.05, 3.63) is 70.1 Å². The number of halogens is 6. The highest BCUT2D eigenvalue weighted by Crippen LogP contribution is 2.37. The Morgan fingerprint density at radius 2 is 1.02 bits per heavy atom. The molecule has 2 aliphatic carbocycles. The molecule has 0 saturated heterocycles. The van der Waals surface area contributed by atoms with E-state index in [0.29, 0.717) is 5.22 Å². The smallest absolute Gasteiger partial charge is 0.376 e. The second-order valence-electron chi connectivity index (χ2n) is 8.78. The normalized spacial score (nSPS) is 19.1. The van der Waals surface area contributed by atoms with Crippen LogP contribution in [0.3, 0.4) is 0 Å². The van der Waals surface area contributed by atoms with Crippen LogP contribution in [0.25, 0.3) is 22.9 Å². The van der Waals surface area contributed by atoms with Gasteiger partial charge in [0, 0.05) is 11.1 Å². The summed E-state index contributed by atoms with van der Waals surface area (Å²) in [5, 5.41) is 0.829. The molecule has 0 spiro atoms. The monoisotopic (exact) mass is 606 g/mol. The Morgan fingerprint density at radius 3 is 1.55 bits per heavy atom. The van der Waals surface area contributed by atoms with Crippen LogP contribution in [0.15, 0.2) is 48.5 Å². The molecule has 0 N–H and O–H groups in total. The van der Waals surface area contributed by atoms with Crippen molar-refractivity contribution in [2.24, 2.45) is 11.8 Å². The standard InChI is InChI=1S/C24H12F6O8S2/c25-23(26,27)39(33,34)37-15-3-1-11-7-17-19(9-13(11)5-15)22(32)18-8-12-2-4-16(38-40(35,36)24(28,29)30)6-14(12)10-20(18)21(17)31/h1-10,17,19H. The molecule has 16 heteroatoms. The number of alkyl halides is 6. The highest BCUT2D eigenvalue weighted by molar-refractivity contribution is 7.88. The number of hydrogen-bond acceptors (Lipinski definition) is 8. The van der Waals surface area contributed by atoms with E-state index in [2.05, 4.69) is 8.37 Å². The first kappa shape index (κ1) is 27.6. The molecule has 0 radical (unpaired) electrons. The van der Waals surface area contributed by atoms with Crippen LogP contribution in [0.1, 0.15) is 20.7 Å². The number of benzene rings is 3. The number of rotatable bonds is 4. The van der Waals surface area contributed by atoms with E-state index in [9.17, 15) is 52.8 Å². The summed E-state index contributed by atoms with van der Waals surface area (Å²) in [5.41, 5.74) is -11.5. The third-order valence-corrected chi connectivity index (χ3v) is 8.18. The molecule has 5 rings (SSSR count). The van der Waals surface area contributed by atoms with Crippen LogP contribution in [-0.2, 0) is 20.2 Å². The van der Waals surface area contributed by atoms with Gasteiger partial charge < -0.3 is 8.37 Å². The summed E-state index contributed by atoms with van der Waals surface area (Å²) in [6.45, 7) is 0. The third-order valence-electron chi connectivity index (χ3n) is 6.23. The highest BCUT2D eigenvalue weighted by atomic mass is 32.2. The summed E-state index contributed by atoms with van der Waals surface area (Å²) in [4.78, 5) is 26.7. The summed E-state index contributed by atoms with van der Waals surface area (Å²) in [6.07, 6.45) is 2.68. The summed E-state index contributed by atoms with van der Waals surface area (Å²) >= 11 is 0. The van der Waals surface area contributed by atoms with Crippen LogP contribution >= 0.6 is 0 Å². The van der Waals surface area contributed by atoms with Crippen LogP contribution in [0.4, 0.5) is 26.3 Å². The molecule has 8 nitrogen and oxygen atoms in total. The average molecular weight is 606 g/mol. The van der Waals surface area contributed by atoms with E-state index in [0.717, 1.165) is 24.3 Å². The number of ketones is 2. The van der Waals surface area contributed by atoms with E-state index >= 15 is 0 Å². The van der Waals surface area contributed by atoms with Crippen molar-refractivity contribution in [1.29, 1.82) is 0 Å². The van der Waals surface area contributed by atoms with E-state index in [1.165, 1.54) is 36.4 Å².